The number of pyridine rings is 2. The van der Waals surface area contributed by atoms with Crippen LogP contribution in [0.4, 0.5) is 0 Å². The van der Waals surface area contributed by atoms with E-state index in [-0.39, 0.29) is 11.5 Å². The number of amides is 1. The molecule has 2 aromatic carbocycles. The van der Waals surface area contributed by atoms with Crippen molar-refractivity contribution < 1.29 is 4.79 Å². The van der Waals surface area contributed by atoms with Gasteiger partial charge in [-0.25, -0.2) is 0 Å². The second-order valence-electron chi connectivity index (χ2n) is 7.87. The summed E-state index contributed by atoms with van der Waals surface area (Å²) in [6.07, 6.45) is 3.32. The minimum absolute atomic E-state index is 0.106. The first-order valence-corrected chi connectivity index (χ1v) is 10.6. The van der Waals surface area contributed by atoms with E-state index in [1.165, 1.54) is 0 Å². The number of aromatic nitrogens is 2. The molecule has 0 atom stereocenters. The Morgan fingerprint density at radius 1 is 0.806 bits per heavy atom. The van der Waals surface area contributed by atoms with Gasteiger partial charge in [-0.15, -0.1) is 0 Å². The standard InChI is InChI=1S/C26H23N3O2/c30-25-23-21(14-9-15-27-23)22(20-12-5-2-6-13-20)24-26(31)28(16-7-8-17-29(24)25)18-19-10-3-1-4-11-19/h1-6,9-15H,7-8,16-18H2. The monoisotopic (exact) mass is 409 g/mol. The fourth-order valence-electron chi connectivity index (χ4n) is 4.38. The number of hydrogen-bond acceptors (Lipinski definition) is 3. The number of nitrogens with zero attached hydrogens (tertiary/aromatic N) is 3. The highest BCUT2D eigenvalue weighted by atomic mass is 16.2. The number of carbonyl (C=O) groups excluding carboxylic acids is 1. The third-order valence-electron chi connectivity index (χ3n) is 5.86. The van der Waals surface area contributed by atoms with Gasteiger partial charge in [-0.1, -0.05) is 66.7 Å². The van der Waals surface area contributed by atoms with Crippen LogP contribution in [0.15, 0.2) is 83.8 Å². The maximum absolute atomic E-state index is 13.9. The number of benzene rings is 2. The Balaban J connectivity index is 1.76. The molecule has 4 aromatic rings. The van der Waals surface area contributed by atoms with Gasteiger partial charge in [0.05, 0.1) is 0 Å². The summed E-state index contributed by atoms with van der Waals surface area (Å²) in [6.45, 7) is 1.71. The molecule has 0 spiro atoms. The summed E-state index contributed by atoms with van der Waals surface area (Å²) in [5.74, 6) is -0.106. The van der Waals surface area contributed by atoms with Crippen LogP contribution in [-0.2, 0) is 13.1 Å². The quantitative estimate of drug-likeness (QED) is 0.501. The van der Waals surface area contributed by atoms with Crippen molar-refractivity contribution >= 4 is 16.8 Å². The molecule has 0 bridgehead atoms. The summed E-state index contributed by atoms with van der Waals surface area (Å²) in [6, 6.07) is 23.5. The van der Waals surface area contributed by atoms with Gasteiger partial charge in [0.15, 0.2) is 0 Å². The summed E-state index contributed by atoms with van der Waals surface area (Å²) in [5.41, 5.74) is 3.46. The number of hydrogen-bond donors (Lipinski definition) is 0. The molecular formula is C26H23N3O2. The van der Waals surface area contributed by atoms with E-state index in [2.05, 4.69) is 4.98 Å². The minimum atomic E-state index is -0.194. The topological polar surface area (TPSA) is 55.2 Å². The molecule has 0 fully saturated rings. The van der Waals surface area contributed by atoms with Crippen LogP contribution in [-0.4, -0.2) is 26.9 Å². The highest BCUT2D eigenvalue weighted by Gasteiger charge is 2.28. The zero-order chi connectivity index (χ0) is 21.2. The molecule has 5 heteroatoms. The third-order valence-corrected chi connectivity index (χ3v) is 5.86. The van der Waals surface area contributed by atoms with E-state index in [0.717, 1.165) is 34.9 Å². The predicted molar refractivity (Wildman–Crippen MR) is 122 cm³/mol. The molecule has 0 saturated carbocycles. The number of fused-ring (bicyclic) bond motifs is 2. The van der Waals surface area contributed by atoms with Crippen molar-refractivity contribution in [2.24, 2.45) is 0 Å². The van der Waals surface area contributed by atoms with E-state index in [0.29, 0.717) is 30.8 Å². The summed E-state index contributed by atoms with van der Waals surface area (Å²) >= 11 is 0. The molecular weight excluding hydrogens is 386 g/mol. The van der Waals surface area contributed by atoms with Crippen LogP contribution in [0.3, 0.4) is 0 Å². The van der Waals surface area contributed by atoms with E-state index in [1.54, 1.807) is 10.8 Å². The van der Waals surface area contributed by atoms with Gasteiger partial charge in [0, 0.05) is 36.8 Å². The Kier molecular flexibility index (Phi) is 5.08. The van der Waals surface area contributed by atoms with E-state index in [9.17, 15) is 9.59 Å². The third kappa shape index (κ3) is 3.52. The number of carbonyl (C=O) groups is 1. The van der Waals surface area contributed by atoms with Crippen LogP contribution >= 0.6 is 0 Å². The fourth-order valence-corrected chi connectivity index (χ4v) is 4.38. The minimum Gasteiger partial charge on any atom is -0.333 e. The Morgan fingerprint density at radius 2 is 1.52 bits per heavy atom. The maximum Gasteiger partial charge on any atom is 0.277 e. The van der Waals surface area contributed by atoms with Gasteiger partial charge < -0.3 is 9.47 Å². The summed E-state index contributed by atoms with van der Waals surface area (Å²) < 4.78 is 1.65. The summed E-state index contributed by atoms with van der Waals surface area (Å²) in [5, 5.41) is 0.721. The van der Waals surface area contributed by atoms with Crippen molar-refractivity contribution in [3.8, 4) is 11.1 Å². The first-order chi connectivity index (χ1) is 15.2. The van der Waals surface area contributed by atoms with Gasteiger partial charge in [0.2, 0.25) is 0 Å². The van der Waals surface area contributed by atoms with Crippen molar-refractivity contribution in [1.29, 1.82) is 0 Å². The van der Waals surface area contributed by atoms with Crippen LogP contribution in [0.1, 0.15) is 28.9 Å². The SMILES string of the molecule is O=C1c2c(-c3ccccc3)c3cccnc3c(=O)n2CCCCN1Cc1ccccc1. The van der Waals surface area contributed by atoms with Gasteiger partial charge in [-0.2, -0.15) is 0 Å². The van der Waals surface area contributed by atoms with Gasteiger partial charge in [-0.3, -0.25) is 14.6 Å². The molecule has 5 rings (SSSR count). The van der Waals surface area contributed by atoms with Crippen LogP contribution < -0.4 is 5.56 Å². The summed E-state index contributed by atoms with van der Waals surface area (Å²) in [4.78, 5) is 33.5. The van der Waals surface area contributed by atoms with Crippen LogP contribution in [0.5, 0.6) is 0 Å². The van der Waals surface area contributed by atoms with Crippen molar-refractivity contribution in [2.75, 3.05) is 6.54 Å². The van der Waals surface area contributed by atoms with E-state index in [1.807, 2.05) is 77.7 Å². The van der Waals surface area contributed by atoms with Gasteiger partial charge in [-0.05, 0) is 30.0 Å². The van der Waals surface area contributed by atoms with E-state index < -0.39 is 0 Å². The molecule has 5 nitrogen and oxygen atoms in total. The van der Waals surface area contributed by atoms with Gasteiger partial charge in [0.1, 0.15) is 11.2 Å². The second kappa shape index (κ2) is 8.19. The predicted octanol–water partition coefficient (Wildman–Crippen LogP) is 4.50. The molecule has 3 heterocycles. The van der Waals surface area contributed by atoms with Crippen molar-refractivity contribution in [3.63, 3.8) is 0 Å². The highest BCUT2D eigenvalue weighted by molar-refractivity contribution is 6.07. The Bertz CT molecular complexity index is 1300. The molecule has 1 aliphatic rings. The Hall–Kier alpha value is -3.73. The molecule has 31 heavy (non-hydrogen) atoms. The Morgan fingerprint density at radius 3 is 2.29 bits per heavy atom. The smallest absolute Gasteiger partial charge is 0.277 e. The summed E-state index contributed by atoms with van der Waals surface area (Å²) in [7, 11) is 0. The molecule has 0 aliphatic carbocycles. The van der Waals surface area contributed by atoms with Gasteiger partial charge in [0.25, 0.3) is 11.5 Å². The largest absolute Gasteiger partial charge is 0.333 e. The zero-order valence-corrected chi connectivity index (χ0v) is 17.2. The van der Waals surface area contributed by atoms with E-state index >= 15 is 0 Å². The molecule has 0 N–H and O–H groups in total. The van der Waals surface area contributed by atoms with Crippen molar-refractivity contribution in [3.05, 3.63) is 101 Å². The first kappa shape index (κ1) is 19.2. The molecule has 1 amide bonds. The lowest BCUT2D eigenvalue weighted by atomic mass is 9.97. The maximum atomic E-state index is 13.9. The molecule has 1 aliphatic heterocycles. The molecule has 0 unspecified atom stereocenters. The van der Waals surface area contributed by atoms with Gasteiger partial charge >= 0.3 is 0 Å². The number of rotatable bonds is 3. The molecule has 0 radical (unpaired) electrons. The molecule has 0 saturated heterocycles. The normalized spacial score (nSPS) is 14.2. The zero-order valence-electron chi connectivity index (χ0n) is 17.2. The van der Waals surface area contributed by atoms with Crippen molar-refractivity contribution in [2.45, 2.75) is 25.9 Å². The molecule has 2 aromatic heterocycles. The fraction of sp³-hybridized carbons (Fsp3) is 0.192. The average molecular weight is 409 g/mol. The van der Waals surface area contributed by atoms with Crippen molar-refractivity contribution in [1.82, 2.24) is 14.5 Å². The Labute approximate surface area is 180 Å². The van der Waals surface area contributed by atoms with Crippen LogP contribution in [0, 0.1) is 0 Å². The average Bonchev–Trinajstić information content (AvgIpc) is 2.82. The van der Waals surface area contributed by atoms with Crippen LogP contribution in [0.25, 0.3) is 22.0 Å². The van der Waals surface area contributed by atoms with Crippen LogP contribution in [0.2, 0.25) is 0 Å². The lowest BCUT2D eigenvalue weighted by Crippen LogP contribution is -2.39. The first-order valence-electron chi connectivity index (χ1n) is 10.6. The lowest BCUT2D eigenvalue weighted by molar-refractivity contribution is 0.0718. The second-order valence-corrected chi connectivity index (χ2v) is 7.87. The van der Waals surface area contributed by atoms with E-state index in [4.69, 9.17) is 0 Å². The highest BCUT2D eigenvalue weighted by Crippen LogP contribution is 2.32. The molecule has 154 valence electrons. The lowest BCUT2D eigenvalue weighted by Gasteiger charge is -2.29.